The molecule has 0 aliphatic carbocycles. The highest BCUT2D eigenvalue weighted by Gasteiger charge is 2.18. The van der Waals surface area contributed by atoms with E-state index in [9.17, 15) is 0 Å². The van der Waals surface area contributed by atoms with Crippen molar-refractivity contribution in [2.45, 2.75) is 19.5 Å². The van der Waals surface area contributed by atoms with Crippen LogP contribution < -0.4 is 10.1 Å². The zero-order valence-corrected chi connectivity index (χ0v) is 12.2. The van der Waals surface area contributed by atoms with E-state index in [2.05, 4.69) is 53.5 Å². The molecule has 1 atom stereocenters. The van der Waals surface area contributed by atoms with Crippen molar-refractivity contribution in [3.05, 3.63) is 42.0 Å². The Hall–Kier alpha value is -1.58. The molecule has 2 aromatic carbocycles. The number of ether oxygens (including phenoxy) is 1. The third kappa shape index (κ3) is 2.65. The number of hydrogen-bond acceptors (Lipinski definition) is 3. The Morgan fingerprint density at radius 1 is 1.25 bits per heavy atom. The van der Waals surface area contributed by atoms with Gasteiger partial charge in [-0.25, -0.2) is 0 Å². The molecule has 1 aliphatic heterocycles. The summed E-state index contributed by atoms with van der Waals surface area (Å²) in [7, 11) is 1.76. The van der Waals surface area contributed by atoms with Crippen LogP contribution >= 0.6 is 0 Å². The molecule has 1 N–H and O–H groups in total. The third-order valence-electron chi connectivity index (χ3n) is 4.05. The van der Waals surface area contributed by atoms with E-state index in [0.29, 0.717) is 6.04 Å². The second kappa shape index (κ2) is 5.81. The minimum atomic E-state index is 0.560. The lowest BCUT2D eigenvalue weighted by molar-refractivity contribution is 0.198. The van der Waals surface area contributed by atoms with Crippen molar-refractivity contribution in [3.8, 4) is 5.75 Å². The summed E-state index contributed by atoms with van der Waals surface area (Å²) in [6.45, 7) is 6.44. The molecule has 0 unspecified atom stereocenters. The second-order valence-corrected chi connectivity index (χ2v) is 5.56. The average Bonchev–Trinajstić information content (AvgIpc) is 2.48. The first-order chi connectivity index (χ1) is 9.78. The smallest absolute Gasteiger partial charge is 0.123 e. The van der Waals surface area contributed by atoms with Gasteiger partial charge in [-0.2, -0.15) is 0 Å². The molecule has 0 bridgehead atoms. The van der Waals surface area contributed by atoms with E-state index < -0.39 is 0 Å². The van der Waals surface area contributed by atoms with Crippen molar-refractivity contribution >= 4 is 10.8 Å². The van der Waals surface area contributed by atoms with E-state index in [-0.39, 0.29) is 0 Å². The summed E-state index contributed by atoms with van der Waals surface area (Å²) in [5.74, 6) is 0.995. The van der Waals surface area contributed by atoms with Crippen LogP contribution in [-0.2, 0) is 6.54 Å². The van der Waals surface area contributed by atoms with Crippen LogP contribution in [0.4, 0.5) is 0 Å². The number of methoxy groups -OCH3 is 1. The van der Waals surface area contributed by atoms with Crippen molar-refractivity contribution in [3.63, 3.8) is 0 Å². The minimum absolute atomic E-state index is 0.560. The van der Waals surface area contributed by atoms with Gasteiger partial charge in [0.15, 0.2) is 0 Å². The molecule has 0 aromatic heterocycles. The number of nitrogens with one attached hydrogen (secondary N) is 1. The van der Waals surface area contributed by atoms with Gasteiger partial charge in [0.2, 0.25) is 0 Å². The van der Waals surface area contributed by atoms with Gasteiger partial charge in [-0.1, -0.05) is 30.3 Å². The van der Waals surface area contributed by atoms with Crippen LogP contribution in [0, 0.1) is 0 Å². The van der Waals surface area contributed by atoms with Crippen molar-refractivity contribution in [1.29, 1.82) is 0 Å². The SMILES string of the molecule is COc1ccc2ccccc2c1CN1CCN[C@H](C)C1. The average molecular weight is 270 g/mol. The molecule has 0 spiro atoms. The van der Waals surface area contributed by atoms with Crippen LogP contribution in [0.1, 0.15) is 12.5 Å². The van der Waals surface area contributed by atoms with Crippen LogP contribution in [0.25, 0.3) is 10.8 Å². The summed E-state index contributed by atoms with van der Waals surface area (Å²) in [4.78, 5) is 2.51. The van der Waals surface area contributed by atoms with Gasteiger partial charge in [0.1, 0.15) is 5.75 Å². The van der Waals surface area contributed by atoms with Crippen LogP contribution in [0.3, 0.4) is 0 Å². The first-order valence-electron chi connectivity index (χ1n) is 7.28. The fraction of sp³-hybridized carbons (Fsp3) is 0.412. The number of fused-ring (bicyclic) bond motifs is 1. The molecule has 1 saturated heterocycles. The summed E-state index contributed by atoms with van der Waals surface area (Å²) >= 11 is 0. The summed E-state index contributed by atoms with van der Waals surface area (Å²) in [6, 6.07) is 13.3. The first kappa shape index (κ1) is 13.4. The fourth-order valence-corrected chi connectivity index (χ4v) is 3.05. The van der Waals surface area contributed by atoms with Gasteiger partial charge in [0.25, 0.3) is 0 Å². The third-order valence-corrected chi connectivity index (χ3v) is 4.05. The van der Waals surface area contributed by atoms with E-state index >= 15 is 0 Å². The van der Waals surface area contributed by atoms with E-state index in [0.717, 1.165) is 31.9 Å². The van der Waals surface area contributed by atoms with Crippen molar-refractivity contribution < 1.29 is 4.74 Å². The Balaban J connectivity index is 1.96. The maximum Gasteiger partial charge on any atom is 0.123 e. The molecule has 3 rings (SSSR count). The second-order valence-electron chi connectivity index (χ2n) is 5.56. The maximum absolute atomic E-state index is 5.58. The summed E-state index contributed by atoms with van der Waals surface area (Å²) in [5, 5.41) is 6.08. The topological polar surface area (TPSA) is 24.5 Å². The Morgan fingerprint density at radius 2 is 2.10 bits per heavy atom. The number of piperazine rings is 1. The molecule has 20 heavy (non-hydrogen) atoms. The summed E-state index contributed by atoms with van der Waals surface area (Å²) in [5.41, 5.74) is 1.31. The largest absolute Gasteiger partial charge is 0.496 e. The summed E-state index contributed by atoms with van der Waals surface area (Å²) < 4.78 is 5.58. The molecule has 3 nitrogen and oxygen atoms in total. The van der Waals surface area contributed by atoms with Crippen LogP contribution in [0.2, 0.25) is 0 Å². The normalized spacial score (nSPS) is 20.2. The fourth-order valence-electron chi connectivity index (χ4n) is 3.05. The number of nitrogens with zero attached hydrogens (tertiary/aromatic N) is 1. The quantitative estimate of drug-likeness (QED) is 0.928. The van der Waals surface area contributed by atoms with E-state index in [4.69, 9.17) is 4.74 Å². The maximum atomic E-state index is 5.58. The number of hydrogen-bond donors (Lipinski definition) is 1. The van der Waals surface area contributed by atoms with Gasteiger partial charge in [0, 0.05) is 37.8 Å². The van der Waals surface area contributed by atoms with E-state index in [1.54, 1.807) is 7.11 Å². The molecular weight excluding hydrogens is 248 g/mol. The predicted molar refractivity (Wildman–Crippen MR) is 83.2 cm³/mol. The molecule has 106 valence electrons. The molecule has 2 aromatic rings. The lowest BCUT2D eigenvalue weighted by atomic mass is 10.0. The van der Waals surface area contributed by atoms with Gasteiger partial charge in [-0.05, 0) is 23.8 Å². The summed E-state index contributed by atoms with van der Waals surface area (Å²) in [6.07, 6.45) is 0. The van der Waals surface area contributed by atoms with Gasteiger partial charge in [0.05, 0.1) is 7.11 Å². The van der Waals surface area contributed by atoms with Crippen LogP contribution in [0.15, 0.2) is 36.4 Å². The Labute approximate surface area is 120 Å². The number of rotatable bonds is 3. The van der Waals surface area contributed by atoms with E-state index in [1.165, 1.54) is 16.3 Å². The van der Waals surface area contributed by atoms with Crippen LogP contribution in [-0.4, -0.2) is 37.7 Å². The van der Waals surface area contributed by atoms with Crippen molar-refractivity contribution in [2.24, 2.45) is 0 Å². The number of benzene rings is 2. The molecule has 3 heteroatoms. The molecule has 1 heterocycles. The van der Waals surface area contributed by atoms with Gasteiger partial charge >= 0.3 is 0 Å². The van der Waals surface area contributed by atoms with Gasteiger partial charge in [-0.3, -0.25) is 4.90 Å². The predicted octanol–water partition coefficient (Wildman–Crippen LogP) is 2.64. The van der Waals surface area contributed by atoms with E-state index in [1.807, 2.05) is 0 Å². The molecular formula is C17H22N2O. The molecule has 0 saturated carbocycles. The van der Waals surface area contributed by atoms with Gasteiger partial charge < -0.3 is 10.1 Å². The zero-order valence-electron chi connectivity index (χ0n) is 12.2. The first-order valence-corrected chi connectivity index (χ1v) is 7.28. The van der Waals surface area contributed by atoms with Crippen molar-refractivity contribution in [2.75, 3.05) is 26.7 Å². The molecule has 0 radical (unpaired) electrons. The Morgan fingerprint density at radius 3 is 2.90 bits per heavy atom. The Bertz CT molecular complexity index is 597. The highest BCUT2D eigenvalue weighted by Crippen LogP contribution is 2.29. The molecule has 1 fully saturated rings. The zero-order chi connectivity index (χ0) is 13.9. The standard InChI is InChI=1S/C17H22N2O/c1-13-11-19(10-9-18-13)12-16-15-6-4-3-5-14(15)7-8-17(16)20-2/h3-8,13,18H,9-12H2,1-2H3/t13-/m1/s1. The highest BCUT2D eigenvalue weighted by molar-refractivity contribution is 5.87. The lowest BCUT2D eigenvalue weighted by Crippen LogP contribution is -2.48. The molecule has 1 aliphatic rings. The monoisotopic (exact) mass is 270 g/mol. The highest BCUT2D eigenvalue weighted by atomic mass is 16.5. The minimum Gasteiger partial charge on any atom is -0.496 e. The Kier molecular flexibility index (Phi) is 3.90. The van der Waals surface area contributed by atoms with Crippen LogP contribution in [0.5, 0.6) is 5.75 Å². The van der Waals surface area contributed by atoms with Crippen molar-refractivity contribution in [1.82, 2.24) is 10.2 Å². The lowest BCUT2D eigenvalue weighted by Gasteiger charge is -2.32. The molecule has 0 amide bonds. The van der Waals surface area contributed by atoms with Gasteiger partial charge in [-0.15, -0.1) is 0 Å².